The fourth-order valence-corrected chi connectivity index (χ4v) is 3.70. The van der Waals surface area contributed by atoms with Crippen molar-refractivity contribution in [3.8, 4) is 0 Å². The summed E-state index contributed by atoms with van der Waals surface area (Å²) in [7, 11) is -2.77. The number of aryl methyl sites for hydroxylation is 3. The standard InChI is InChI=1S/C20H22FNO5S/c1-13-9-15(3)18(10-14(13)2)19(23)12-27-20(24)11-22(4)28(25,26)17-7-5-16(21)6-8-17/h5-10H,11-12H2,1-4H3. The molecule has 0 saturated heterocycles. The summed E-state index contributed by atoms with van der Waals surface area (Å²) in [5, 5.41) is 0. The second-order valence-electron chi connectivity index (χ2n) is 6.55. The number of hydrogen-bond donors (Lipinski definition) is 0. The Labute approximate surface area is 164 Å². The third-order valence-electron chi connectivity index (χ3n) is 4.38. The maximum Gasteiger partial charge on any atom is 0.321 e. The molecule has 6 nitrogen and oxygen atoms in total. The Kier molecular flexibility index (Phi) is 6.69. The lowest BCUT2D eigenvalue weighted by atomic mass is 9.98. The van der Waals surface area contributed by atoms with Gasteiger partial charge in [0.25, 0.3) is 0 Å². The quantitative estimate of drug-likeness (QED) is 0.521. The van der Waals surface area contributed by atoms with Crippen LogP contribution in [0.15, 0.2) is 41.3 Å². The number of carbonyl (C=O) groups excluding carboxylic acids is 2. The third kappa shape index (κ3) is 5.02. The molecule has 2 aromatic carbocycles. The van der Waals surface area contributed by atoms with Gasteiger partial charge in [-0.15, -0.1) is 0 Å². The molecule has 0 aromatic heterocycles. The predicted molar refractivity (Wildman–Crippen MR) is 102 cm³/mol. The minimum absolute atomic E-state index is 0.147. The van der Waals surface area contributed by atoms with Crippen LogP contribution in [0.25, 0.3) is 0 Å². The number of hydrogen-bond acceptors (Lipinski definition) is 5. The van der Waals surface area contributed by atoms with Crippen molar-refractivity contribution in [1.82, 2.24) is 4.31 Å². The highest BCUT2D eigenvalue weighted by atomic mass is 32.2. The van der Waals surface area contributed by atoms with Crippen LogP contribution in [0.1, 0.15) is 27.0 Å². The zero-order chi connectivity index (χ0) is 21.1. The summed E-state index contributed by atoms with van der Waals surface area (Å²) < 4.78 is 43.5. The molecule has 0 heterocycles. The molecule has 0 atom stereocenters. The molecule has 2 aromatic rings. The summed E-state index contributed by atoms with van der Waals surface area (Å²) in [6.45, 7) is 4.57. The summed E-state index contributed by atoms with van der Waals surface area (Å²) in [6, 6.07) is 7.88. The van der Waals surface area contributed by atoms with Gasteiger partial charge in [-0.3, -0.25) is 9.59 Å². The van der Waals surface area contributed by atoms with Crippen molar-refractivity contribution in [2.24, 2.45) is 0 Å². The fraction of sp³-hybridized carbons (Fsp3) is 0.300. The van der Waals surface area contributed by atoms with E-state index in [-0.39, 0.29) is 10.7 Å². The van der Waals surface area contributed by atoms with E-state index in [1.165, 1.54) is 7.05 Å². The lowest BCUT2D eigenvalue weighted by molar-refractivity contribution is -0.142. The van der Waals surface area contributed by atoms with Crippen LogP contribution in [-0.2, 0) is 19.6 Å². The first-order valence-corrected chi connectivity index (χ1v) is 9.95. The summed E-state index contributed by atoms with van der Waals surface area (Å²) in [5.41, 5.74) is 3.24. The first-order chi connectivity index (χ1) is 13.0. The molecule has 28 heavy (non-hydrogen) atoms. The average molecular weight is 407 g/mol. The van der Waals surface area contributed by atoms with E-state index in [9.17, 15) is 22.4 Å². The number of benzene rings is 2. The topological polar surface area (TPSA) is 80.8 Å². The zero-order valence-corrected chi connectivity index (χ0v) is 17.0. The molecule has 150 valence electrons. The first-order valence-electron chi connectivity index (χ1n) is 8.51. The van der Waals surface area contributed by atoms with Crippen molar-refractivity contribution in [3.05, 3.63) is 64.5 Å². The van der Waals surface area contributed by atoms with Gasteiger partial charge < -0.3 is 4.74 Å². The van der Waals surface area contributed by atoms with E-state index < -0.39 is 35.0 Å². The zero-order valence-electron chi connectivity index (χ0n) is 16.2. The highest BCUT2D eigenvalue weighted by Crippen LogP contribution is 2.17. The molecule has 0 bridgehead atoms. The Morgan fingerprint density at radius 1 is 1.00 bits per heavy atom. The molecule has 0 unspecified atom stereocenters. The molecular formula is C20H22FNO5S. The van der Waals surface area contributed by atoms with Crippen molar-refractivity contribution >= 4 is 21.8 Å². The molecule has 2 rings (SSSR count). The van der Waals surface area contributed by atoms with Gasteiger partial charge in [-0.25, -0.2) is 12.8 Å². The van der Waals surface area contributed by atoms with Crippen molar-refractivity contribution in [2.45, 2.75) is 25.7 Å². The minimum atomic E-state index is -3.98. The van der Waals surface area contributed by atoms with Crippen molar-refractivity contribution in [3.63, 3.8) is 0 Å². The number of likely N-dealkylation sites (N-methyl/N-ethyl adjacent to an activating group) is 1. The largest absolute Gasteiger partial charge is 0.456 e. The Morgan fingerprint density at radius 2 is 1.57 bits per heavy atom. The molecule has 0 radical (unpaired) electrons. The first kappa shape index (κ1) is 21.7. The maximum atomic E-state index is 13.0. The van der Waals surface area contributed by atoms with Crippen LogP contribution in [0.4, 0.5) is 4.39 Å². The molecule has 0 fully saturated rings. The molecule has 0 N–H and O–H groups in total. The highest BCUT2D eigenvalue weighted by Gasteiger charge is 2.24. The molecule has 0 saturated carbocycles. The van der Waals surface area contributed by atoms with E-state index in [1.807, 2.05) is 19.9 Å². The number of ether oxygens (including phenoxy) is 1. The smallest absolute Gasteiger partial charge is 0.321 e. The van der Waals surface area contributed by atoms with Crippen LogP contribution in [-0.4, -0.2) is 44.7 Å². The van der Waals surface area contributed by atoms with Crippen molar-refractivity contribution < 1.29 is 27.1 Å². The van der Waals surface area contributed by atoms with Crippen LogP contribution in [0.5, 0.6) is 0 Å². The van der Waals surface area contributed by atoms with Gasteiger partial charge >= 0.3 is 5.97 Å². The van der Waals surface area contributed by atoms with Crippen LogP contribution in [0.2, 0.25) is 0 Å². The number of Topliss-reactive ketones (excluding diaryl/α,β-unsaturated/α-hetero) is 1. The van der Waals surface area contributed by atoms with E-state index in [4.69, 9.17) is 4.74 Å². The molecule has 0 spiro atoms. The molecule has 0 aliphatic heterocycles. The van der Waals surface area contributed by atoms with E-state index in [0.717, 1.165) is 45.3 Å². The number of ketones is 1. The van der Waals surface area contributed by atoms with Gasteiger partial charge in [0.15, 0.2) is 6.61 Å². The Morgan fingerprint density at radius 3 is 2.18 bits per heavy atom. The van der Waals surface area contributed by atoms with E-state index in [2.05, 4.69) is 0 Å². The van der Waals surface area contributed by atoms with Crippen molar-refractivity contribution in [2.75, 3.05) is 20.2 Å². The van der Waals surface area contributed by atoms with Gasteiger partial charge in [0, 0.05) is 12.6 Å². The summed E-state index contributed by atoms with van der Waals surface area (Å²) in [4.78, 5) is 24.2. The number of esters is 1. The second-order valence-corrected chi connectivity index (χ2v) is 8.60. The van der Waals surface area contributed by atoms with Crippen LogP contribution in [0, 0.1) is 26.6 Å². The van der Waals surface area contributed by atoms with Crippen LogP contribution < -0.4 is 0 Å². The van der Waals surface area contributed by atoms with Crippen molar-refractivity contribution in [1.29, 1.82) is 0 Å². The number of nitrogens with zero attached hydrogens (tertiary/aromatic N) is 1. The molecule has 0 amide bonds. The Balaban J connectivity index is 1.99. The summed E-state index contributed by atoms with van der Waals surface area (Å²) in [6.07, 6.45) is 0. The maximum absolute atomic E-state index is 13.0. The average Bonchev–Trinajstić information content (AvgIpc) is 2.63. The monoisotopic (exact) mass is 407 g/mol. The lowest BCUT2D eigenvalue weighted by Crippen LogP contribution is -2.33. The Bertz CT molecular complexity index is 1000. The molecular weight excluding hydrogens is 385 g/mol. The normalized spacial score (nSPS) is 11.5. The third-order valence-corrected chi connectivity index (χ3v) is 6.20. The van der Waals surface area contributed by atoms with Gasteiger partial charge in [-0.1, -0.05) is 6.07 Å². The SMILES string of the molecule is Cc1cc(C)c(C(=O)COC(=O)CN(C)S(=O)(=O)c2ccc(F)cc2)cc1C. The van der Waals surface area contributed by atoms with E-state index in [1.54, 1.807) is 13.0 Å². The molecule has 0 aliphatic carbocycles. The number of rotatable bonds is 7. The van der Waals surface area contributed by atoms with Gasteiger partial charge in [-0.05, 0) is 67.8 Å². The van der Waals surface area contributed by atoms with Crippen LogP contribution >= 0.6 is 0 Å². The van der Waals surface area contributed by atoms with E-state index >= 15 is 0 Å². The highest BCUT2D eigenvalue weighted by molar-refractivity contribution is 7.89. The van der Waals surface area contributed by atoms with Gasteiger partial charge in [0.2, 0.25) is 15.8 Å². The summed E-state index contributed by atoms with van der Waals surface area (Å²) >= 11 is 0. The summed E-state index contributed by atoms with van der Waals surface area (Å²) in [5.74, 6) is -1.79. The second kappa shape index (κ2) is 8.62. The number of sulfonamides is 1. The molecule has 0 aliphatic rings. The fourth-order valence-electron chi connectivity index (χ4n) is 2.58. The van der Waals surface area contributed by atoms with Gasteiger partial charge in [0.1, 0.15) is 12.4 Å². The molecule has 8 heteroatoms. The predicted octanol–water partition coefficient (Wildman–Crippen LogP) is 2.80. The lowest BCUT2D eigenvalue weighted by Gasteiger charge is -2.16. The van der Waals surface area contributed by atoms with E-state index in [0.29, 0.717) is 5.56 Å². The minimum Gasteiger partial charge on any atom is -0.456 e. The van der Waals surface area contributed by atoms with Gasteiger partial charge in [-0.2, -0.15) is 4.31 Å². The number of halogens is 1. The van der Waals surface area contributed by atoms with Gasteiger partial charge in [0.05, 0.1) is 4.90 Å². The Hall–Kier alpha value is -2.58. The number of carbonyl (C=O) groups is 2. The van der Waals surface area contributed by atoms with Crippen LogP contribution in [0.3, 0.4) is 0 Å².